The van der Waals surface area contributed by atoms with Crippen molar-refractivity contribution in [3.8, 4) is 11.8 Å². The first-order chi connectivity index (χ1) is 9.54. The van der Waals surface area contributed by atoms with Crippen LogP contribution in [0.3, 0.4) is 0 Å². The number of hydrogen-bond acceptors (Lipinski definition) is 5. The van der Waals surface area contributed by atoms with Crippen LogP contribution in [0.15, 0.2) is 23.4 Å². The van der Waals surface area contributed by atoms with Gasteiger partial charge in [0.05, 0.1) is 12.6 Å². The fraction of sp³-hybridized carbons (Fsp3) is 0.462. The molecule has 1 aromatic heterocycles. The standard InChI is InChI=1S/C13H17N3O3S/c14-5-1-2-11-8-13(10-15-9-11)20(18,19)16-6-3-12(17)4-7-16/h8-10,12,17H,3-7,14H2. The van der Waals surface area contributed by atoms with Crippen molar-refractivity contribution in [3.63, 3.8) is 0 Å². The quantitative estimate of drug-likeness (QED) is 0.720. The molecule has 0 unspecified atom stereocenters. The van der Waals surface area contributed by atoms with Crippen molar-refractivity contribution in [2.24, 2.45) is 5.73 Å². The van der Waals surface area contributed by atoms with Crippen LogP contribution in [0.25, 0.3) is 0 Å². The molecule has 1 aliphatic heterocycles. The van der Waals surface area contributed by atoms with Gasteiger partial charge in [-0.15, -0.1) is 0 Å². The molecule has 1 aliphatic rings. The lowest BCUT2D eigenvalue weighted by Gasteiger charge is -2.28. The second-order valence-corrected chi connectivity index (χ2v) is 6.49. The smallest absolute Gasteiger partial charge is 0.244 e. The number of aromatic nitrogens is 1. The molecule has 0 amide bonds. The number of rotatable bonds is 2. The predicted molar refractivity (Wildman–Crippen MR) is 74.2 cm³/mol. The highest BCUT2D eigenvalue weighted by molar-refractivity contribution is 7.89. The number of nitrogens with two attached hydrogens (primary N) is 1. The minimum atomic E-state index is -3.57. The summed E-state index contributed by atoms with van der Waals surface area (Å²) in [7, 11) is -3.57. The van der Waals surface area contributed by atoms with Crippen LogP contribution in [0.1, 0.15) is 18.4 Å². The molecule has 0 aromatic carbocycles. The van der Waals surface area contributed by atoms with E-state index < -0.39 is 16.1 Å². The third-order valence-corrected chi connectivity index (χ3v) is 4.97. The summed E-state index contributed by atoms with van der Waals surface area (Å²) in [5.74, 6) is 5.43. The zero-order valence-corrected chi connectivity index (χ0v) is 11.8. The molecule has 0 spiro atoms. The van der Waals surface area contributed by atoms with Gasteiger partial charge in [0.2, 0.25) is 10.0 Å². The number of aliphatic hydroxyl groups is 1. The van der Waals surface area contributed by atoms with Crippen LogP contribution in [0.4, 0.5) is 0 Å². The van der Waals surface area contributed by atoms with Gasteiger partial charge in [-0.05, 0) is 18.9 Å². The van der Waals surface area contributed by atoms with Crippen LogP contribution in [0.2, 0.25) is 0 Å². The molecule has 2 rings (SSSR count). The molecule has 0 aliphatic carbocycles. The highest BCUT2D eigenvalue weighted by Crippen LogP contribution is 2.20. The number of piperidine rings is 1. The Bertz CT molecular complexity index is 626. The van der Waals surface area contributed by atoms with E-state index >= 15 is 0 Å². The van der Waals surface area contributed by atoms with Gasteiger partial charge in [-0.1, -0.05) is 11.8 Å². The van der Waals surface area contributed by atoms with E-state index in [1.54, 1.807) is 0 Å². The molecule has 0 saturated carbocycles. The molecule has 0 atom stereocenters. The van der Waals surface area contributed by atoms with Crippen molar-refractivity contribution in [1.82, 2.24) is 9.29 Å². The number of nitrogens with zero attached hydrogens (tertiary/aromatic N) is 2. The Hall–Kier alpha value is -1.46. The van der Waals surface area contributed by atoms with E-state index in [0.29, 0.717) is 31.5 Å². The van der Waals surface area contributed by atoms with Gasteiger partial charge in [0.1, 0.15) is 4.90 Å². The van der Waals surface area contributed by atoms with Crippen LogP contribution in [0.5, 0.6) is 0 Å². The molecule has 1 aromatic rings. The summed E-state index contributed by atoms with van der Waals surface area (Å²) in [6.07, 6.45) is 3.32. The van der Waals surface area contributed by atoms with E-state index in [0.717, 1.165) is 0 Å². The maximum atomic E-state index is 12.5. The molecular weight excluding hydrogens is 278 g/mol. The van der Waals surface area contributed by atoms with Crippen molar-refractivity contribution in [1.29, 1.82) is 0 Å². The van der Waals surface area contributed by atoms with Crippen LogP contribution in [-0.4, -0.2) is 48.6 Å². The molecule has 6 nitrogen and oxygen atoms in total. The number of aliphatic hydroxyl groups excluding tert-OH is 1. The van der Waals surface area contributed by atoms with Crippen molar-refractivity contribution in [2.75, 3.05) is 19.6 Å². The van der Waals surface area contributed by atoms with E-state index in [2.05, 4.69) is 16.8 Å². The van der Waals surface area contributed by atoms with Crippen LogP contribution < -0.4 is 5.73 Å². The van der Waals surface area contributed by atoms with Crippen LogP contribution >= 0.6 is 0 Å². The van der Waals surface area contributed by atoms with Gasteiger partial charge in [-0.2, -0.15) is 4.31 Å². The molecule has 20 heavy (non-hydrogen) atoms. The fourth-order valence-electron chi connectivity index (χ4n) is 2.01. The van der Waals surface area contributed by atoms with Gasteiger partial charge in [-0.3, -0.25) is 4.98 Å². The Kier molecular flexibility index (Phi) is 4.73. The van der Waals surface area contributed by atoms with Gasteiger partial charge >= 0.3 is 0 Å². The maximum Gasteiger partial charge on any atom is 0.244 e. The van der Waals surface area contributed by atoms with Gasteiger partial charge in [-0.25, -0.2) is 8.42 Å². The van der Waals surface area contributed by atoms with E-state index in [-0.39, 0.29) is 11.4 Å². The normalized spacial score (nSPS) is 17.5. The fourth-order valence-corrected chi connectivity index (χ4v) is 3.47. The van der Waals surface area contributed by atoms with E-state index in [1.807, 2.05) is 0 Å². The molecule has 1 saturated heterocycles. The van der Waals surface area contributed by atoms with Crippen molar-refractivity contribution in [3.05, 3.63) is 24.0 Å². The molecule has 3 N–H and O–H groups in total. The van der Waals surface area contributed by atoms with Gasteiger partial charge in [0.25, 0.3) is 0 Å². The highest BCUT2D eigenvalue weighted by Gasteiger charge is 2.28. The summed E-state index contributed by atoms with van der Waals surface area (Å²) >= 11 is 0. The summed E-state index contributed by atoms with van der Waals surface area (Å²) in [5, 5.41) is 9.44. The first-order valence-corrected chi connectivity index (χ1v) is 7.80. The van der Waals surface area contributed by atoms with E-state index in [9.17, 15) is 13.5 Å². The Morgan fingerprint density at radius 2 is 2.10 bits per heavy atom. The maximum absolute atomic E-state index is 12.5. The average molecular weight is 295 g/mol. The van der Waals surface area contributed by atoms with Crippen molar-refractivity contribution < 1.29 is 13.5 Å². The Morgan fingerprint density at radius 3 is 2.75 bits per heavy atom. The van der Waals surface area contributed by atoms with E-state index in [4.69, 9.17) is 5.73 Å². The number of sulfonamides is 1. The van der Waals surface area contributed by atoms with Gasteiger partial charge in [0, 0.05) is 31.0 Å². The number of hydrogen-bond donors (Lipinski definition) is 2. The zero-order chi connectivity index (χ0) is 14.6. The first-order valence-electron chi connectivity index (χ1n) is 6.36. The van der Waals surface area contributed by atoms with Crippen molar-refractivity contribution >= 4 is 10.0 Å². The second-order valence-electron chi connectivity index (χ2n) is 4.55. The second kappa shape index (κ2) is 6.33. The highest BCUT2D eigenvalue weighted by atomic mass is 32.2. The summed E-state index contributed by atoms with van der Waals surface area (Å²) in [5.41, 5.74) is 5.81. The van der Waals surface area contributed by atoms with Crippen molar-refractivity contribution in [2.45, 2.75) is 23.8 Å². The molecule has 7 heteroatoms. The van der Waals surface area contributed by atoms with Crippen LogP contribution in [0, 0.1) is 11.8 Å². The zero-order valence-electron chi connectivity index (χ0n) is 11.0. The third-order valence-electron chi connectivity index (χ3n) is 3.11. The monoisotopic (exact) mass is 295 g/mol. The van der Waals surface area contributed by atoms with Gasteiger partial charge < -0.3 is 10.8 Å². The molecule has 108 valence electrons. The van der Waals surface area contributed by atoms with E-state index in [1.165, 1.54) is 22.8 Å². The Labute approximate surface area is 118 Å². The first kappa shape index (κ1) is 14.9. The predicted octanol–water partition coefficient (Wildman–Crippen LogP) is -0.463. The van der Waals surface area contributed by atoms with Crippen LogP contribution in [-0.2, 0) is 10.0 Å². The van der Waals surface area contributed by atoms with Gasteiger partial charge in [0.15, 0.2) is 0 Å². The SMILES string of the molecule is NCC#Cc1cncc(S(=O)(=O)N2CCC(O)CC2)c1. The lowest BCUT2D eigenvalue weighted by molar-refractivity contribution is 0.113. The molecule has 2 heterocycles. The minimum Gasteiger partial charge on any atom is -0.393 e. The average Bonchev–Trinajstić information content (AvgIpc) is 2.46. The Balaban J connectivity index is 2.25. The summed E-state index contributed by atoms with van der Waals surface area (Å²) in [4.78, 5) is 4.04. The Morgan fingerprint density at radius 1 is 1.40 bits per heavy atom. The lowest BCUT2D eigenvalue weighted by atomic mass is 10.1. The summed E-state index contributed by atoms with van der Waals surface area (Å²) in [6.45, 7) is 0.853. The molecular formula is C13H17N3O3S. The summed E-state index contributed by atoms with van der Waals surface area (Å²) in [6, 6.07) is 1.50. The number of pyridine rings is 1. The largest absolute Gasteiger partial charge is 0.393 e. The molecule has 0 bridgehead atoms. The molecule has 1 fully saturated rings. The third kappa shape index (κ3) is 3.35. The molecule has 0 radical (unpaired) electrons. The summed E-state index contributed by atoms with van der Waals surface area (Å²) < 4.78 is 26.3. The minimum absolute atomic E-state index is 0.123. The lowest BCUT2D eigenvalue weighted by Crippen LogP contribution is -2.40. The topological polar surface area (TPSA) is 96.5 Å².